The first-order valence-corrected chi connectivity index (χ1v) is 8.75. The number of anilines is 2. The topological polar surface area (TPSA) is 92.5 Å². The van der Waals surface area contributed by atoms with Gasteiger partial charge in [0.25, 0.3) is 0 Å². The van der Waals surface area contributed by atoms with Gasteiger partial charge in [-0.2, -0.15) is 0 Å². The summed E-state index contributed by atoms with van der Waals surface area (Å²) in [6.45, 7) is 3.30. The molecule has 1 amide bonds. The molecular weight excluding hydrogens is 318 g/mol. The second kappa shape index (κ2) is 6.82. The van der Waals surface area contributed by atoms with Gasteiger partial charge in [-0.25, -0.2) is 8.42 Å². The van der Waals surface area contributed by atoms with Crippen LogP contribution < -0.4 is 10.2 Å². The van der Waals surface area contributed by atoms with Gasteiger partial charge in [-0.1, -0.05) is 24.2 Å². The maximum absolute atomic E-state index is 12.2. The molecule has 2 rings (SSSR count). The molecule has 1 aromatic carbocycles. The van der Waals surface area contributed by atoms with Gasteiger partial charge in [-0.15, -0.1) is 0 Å². The predicted molar refractivity (Wildman–Crippen MR) is 87.3 cm³/mol. The molecule has 0 aliphatic rings. The number of amides is 1. The Bertz CT molecular complexity index is 799. The summed E-state index contributed by atoms with van der Waals surface area (Å²) < 4.78 is 29.2. The molecule has 0 aliphatic heterocycles. The molecule has 0 radical (unpaired) electrons. The van der Waals surface area contributed by atoms with Gasteiger partial charge in [0.15, 0.2) is 15.7 Å². The highest BCUT2D eigenvalue weighted by molar-refractivity contribution is 7.91. The third kappa shape index (κ3) is 4.10. The lowest BCUT2D eigenvalue weighted by Crippen LogP contribution is -2.31. The van der Waals surface area contributed by atoms with E-state index in [0.29, 0.717) is 17.3 Å². The standard InChI is InChI=1S/C15H19N3O4S/c1-4-23(20,21)13-8-6-5-7-12(13)18(3)10-15(19)16-14-9-11(2)22-17-14/h5-9H,4,10H2,1-3H3,(H,16,17,19). The van der Waals surface area contributed by atoms with Crippen molar-refractivity contribution in [2.24, 2.45) is 0 Å². The lowest BCUT2D eigenvalue weighted by Gasteiger charge is -2.21. The number of para-hydroxylation sites is 1. The summed E-state index contributed by atoms with van der Waals surface area (Å²) in [6, 6.07) is 8.23. The molecule has 0 unspecified atom stereocenters. The summed E-state index contributed by atoms with van der Waals surface area (Å²) in [7, 11) is -1.70. The molecule has 7 nitrogen and oxygen atoms in total. The van der Waals surface area contributed by atoms with Gasteiger partial charge in [0.1, 0.15) is 5.76 Å². The molecule has 0 fully saturated rings. The number of aromatic nitrogens is 1. The summed E-state index contributed by atoms with van der Waals surface area (Å²) >= 11 is 0. The second-order valence-corrected chi connectivity index (χ2v) is 7.34. The Kier molecular flexibility index (Phi) is 5.05. The molecule has 0 atom stereocenters. The van der Waals surface area contributed by atoms with Crippen LogP contribution in [0.4, 0.5) is 11.5 Å². The first kappa shape index (κ1) is 17.0. The number of nitrogens with one attached hydrogen (secondary N) is 1. The number of hydrogen-bond donors (Lipinski definition) is 1. The van der Waals surface area contributed by atoms with E-state index >= 15 is 0 Å². The number of nitrogens with zero attached hydrogens (tertiary/aromatic N) is 2. The minimum atomic E-state index is -3.37. The molecule has 0 bridgehead atoms. The fourth-order valence-electron chi connectivity index (χ4n) is 2.10. The van der Waals surface area contributed by atoms with Crippen molar-refractivity contribution in [3.8, 4) is 0 Å². The van der Waals surface area contributed by atoms with E-state index in [1.54, 1.807) is 56.1 Å². The van der Waals surface area contributed by atoms with Crippen LogP contribution in [-0.2, 0) is 14.6 Å². The Hall–Kier alpha value is -2.35. The minimum Gasteiger partial charge on any atom is -0.364 e. The molecule has 1 heterocycles. The Morgan fingerprint density at radius 3 is 2.65 bits per heavy atom. The molecule has 1 aromatic heterocycles. The van der Waals surface area contributed by atoms with Crippen LogP contribution in [0.25, 0.3) is 0 Å². The molecule has 23 heavy (non-hydrogen) atoms. The van der Waals surface area contributed by atoms with Gasteiger partial charge in [-0.3, -0.25) is 4.79 Å². The minimum absolute atomic E-state index is 0.00225. The highest BCUT2D eigenvalue weighted by atomic mass is 32.2. The number of benzene rings is 1. The van der Waals surface area contributed by atoms with E-state index in [0.717, 1.165) is 0 Å². The number of likely N-dealkylation sites (N-methyl/N-ethyl adjacent to an activating group) is 1. The average molecular weight is 337 g/mol. The molecule has 0 spiro atoms. The van der Waals surface area contributed by atoms with Gasteiger partial charge in [0.05, 0.1) is 22.9 Å². The van der Waals surface area contributed by atoms with Crippen LogP contribution in [0.3, 0.4) is 0 Å². The molecule has 1 N–H and O–H groups in total. The number of sulfone groups is 1. The van der Waals surface area contributed by atoms with Crippen LogP contribution in [0.5, 0.6) is 0 Å². The van der Waals surface area contributed by atoms with Crippen LogP contribution >= 0.6 is 0 Å². The smallest absolute Gasteiger partial charge is 0.245 e. The number of rotatable bonds is 6. The van der Waals surface area contributed by atoms with Crippen LogP contribution in [0.2, 0.25) is 0 Å². The lowest BCUT2D eigenvalue weighted by molar-refractivity contribution is -0.115. The Morgan fingerprint density at radius 2 is 2.04 bits per heavy atom. The molecule has 0 saturated heterocycles. The highest BCUT2D eigenvalue weighted by Crippen LogP contribution is 2.25. The molecular formula is C15H19N3O4S. The van der Waals surface area contributed by atoms with Crippen molar-refractivity contribution in [2.75, 3.05) is 29.6 Å². The Balaban J connectivity index is 2.15. The maximum atomic E-state index is 12.2. The zero-order valence-corrected chi connectivity index (χ0v) is 14.1. The first-order chi connectivity index (χ1) is 10.8. The normalized spacial score (nSPS) is 11.3. The van der Waals surface area contributed by atoms with Gasteiger partial charge in [-0.05, 0) is 19.1 Å². The molecule has 2 aromatic rings. The fourth-order valence-corrected chi connectivity index (χ4v) is 3.24. The molecule has 124 valence electrons. The van der Waals surface area contributed by atoms with Crippen molar-refractivity contribution in [1.82, 2.24) is 5.16 Å². The highest BCUT2D eigenvalue weighted by Gasteiger charge is 2.19. The SMILES string of the molecule is CCS(=O)(=O)c1ccccc1N(C)CC(=O)Nc1cc(C)on1. The summed E-state index contributed by atoms with van der Waals surface area (Å²) in [5.41, 5.74) is 0.487. The van der Waals surface area contributed by atoms with Gasteiger partial charge < -0.3 is 14.7 Å². The third-order valence-electron chi connectivity index (χ3n) is 3.27. The van der Waals surface area contributed by atoms with Crippen LogP contribution in [0.1, 0.15) is 12.7 Å². The number of aryl methyl sites for hydroxylation is 1. The fraction of sp³-hybridized carbons (Fsp3) is 0.333. The van der Waals surface area contributed by atoms with Crippen LogP contribution in [0.15, 0.2) is 39.8 Å². The van der Waals surface area contributed by atoms with Crippen molar-refractivity contribution in [1.29, 1.82) is 0 Å². The third-order valence-corrected chi connectivity index (χ3v) is 5.04. The quantitative estimate of drug-likeness (QED) is 0.865. The number of carbonyl (C=O) groups excluding carboxylic acids is 1. The van der Waals surface area contributed by atoms with Crippen molar-refractivity contribution >= 4 is 27.2 Å². The van der Waals surface area contributed by atoms with Crippen molar-refractivity contribution < 1.29 is 17.7 Å². The van der Waals surface area contributed by atoms with Crippen molar-refractivity contribution in [3.05, 3.63) is 36.1 Å². The van der Waals surface area contributed by atoms with E-state index in [1.807, 2.05) is 0 Å². The monoisotopic (exact) mass is 337 g/mol. The summed E-state index contributed by atoms with van der Waals surface area (Å²) in [4.78, 5) is 13.9. The zero-order valence-electron chi connectivity index (χ0n) is 13.2. The lowest BCUT2D eigenvalue weighted by atomic mass is 10.3. The maximum Gasteiger partial charge on any atom is 0.245 e. The summed E-state index contributed by atoms with van der Waals surface area (Å²) in [5.74, 6) is 0.607. The van der Waals surface area contributed by atoms with E-state index in [-0.39, 0.29) is 23.1 Å². The van der Waals surface area contributed by atoms with Crippen LogP contribution in [-0.4, -0.2) is 38.8 Å². The number of hydrogen-bond acceptors (Lipinski definition) is 6. The van der Waals surface area contributed by atoms with E-state index < -0.39 is 9.84 Å². The van der Waals surface area contributed by atoms with E-state index in [1.165, 1.54) is 0 Å². The molecule has 0 aliphatic carbocycles. The first-order valence-electron chi connectivity index (χ1n) is 7.09. The van der Waals surface area contributed by atoms with Gasteiger partial charge in [0.2, 0.25) is 5.91 Å². The Labute approximate surface area is 135 Å². The number of carbonyl (C=O) groups is 1. The zero-order chi connectivity index (χ0) is 17.0. The predicted octanol–water partition coefficient (Wildman–Crippen LogP) is 1.85. The van der Waals surface area contributed by atoms with E-state index in [2.05, 4.69) is 10.5 Å². The van der Waals surface area contributed by atoms with Gasteiger partial charge >= 0.3 is 0 Å². The largest absolute Gasteiger partial charge is 0.364 e. The van der Waals surface area contributed by atoms with E-state index in [4.69, 9.17) is 4.52 Å². The second-order valence-electron chi connectivity index (χ2n) is 5.10. The van der Waals surface area contributed by atoms with Crippen LogP contribution in [0, 0.1) is 6.92 Å². The Morgan fingerprint density at radius 1 is 1.35 bits per heavy atom. The van der Waals surface area contributed by atoms with Crippen molar-refractivity contribution in [2.45, 2.75) is 18.7 Å². The molecule has 0 saturated carbocycles. The summed E-state index contributed by atoms with van der Waals surface area (Å²) in [5, 5.41) is 6.29. The summed E-state index contributed by atoms with van der Waals surface area (Å²) in [6.07, 6.45) is 0. The van der Waals surface area contributed by atoms with Gasteiger partial charge in [0, 0.05) is 13.1 Å². The van der Waals surface area contributed by atoms with E-state index in [9.17, 15) is 13.2 Å². The van der Waals surface area contributed by atoms with Crippen molar-refractivity contribution in [3.63, 3.8) is 0 Å². The average Bonchev–Trinajstić information content (AvgIpc) is 2.92. The molecule has 8 heteroatoms.